The molecule has 0 aromatic rings. The molecule has 1 unspecified atom stereocenters. The molecule has 1 aliphatic heterocycles. The van der Waals surface area contributed by atoms with Crippen molar-refractivity contribution in [3.8, 4) is 0 Å². The van der Waals surface area contributed by atoms with Crippen LogP contribution in [0.1, 0.15) is 57.8 Å². The molecule has 1 atom stereocenters. The Morgan fingerprint density at radius 2 is 1.68 bits per heavy atom. The van der Waals surface area contributed by atoms with Crippen LogP contribution >= 0.6 is 0 Å². The molecule has 1 saturated heterocycles. The van der Waals surface area contributed by atoms with E-state index in [4.69, 9.17) is 0 Å². The first-order valence-electron chi connectivity index (χ1n) is 8.51. The van der Waals surface area contributed by atoms with Crippen LogP contribution in [0.4, 0.5) is 0 Å². The number of hydrogen-bond donors (Lipinski definition) is 0. The van der Waals surface area contributed by atoms with E-state index in [1.165, 1.54) is 77.4 Å². The van der Waals surface area contributed by atoms with E-state index in [9.17, 15) is 0 Å². The molecule has 0 spiro atoms. The molecule has 0 N–H and O–H groups in total. The molecule has 3 aliphatic rings. The van der Waals surface area contributed by atoms with Gasteiger partial charge in [-0.15, -0.1) is 0 Å². The number of allylic oxidation sites excluding steroid dienone is 2. The lowest BCUT2D eigenvalue weighted by Gasteiger charge is -2.32. The summed E-state index contributed by atoms with van der Waals surface area (Å²) < 4.78 is 0. The minimum atomic E-state index is 0.852. The highest BCUT2D eigenvalue weighted by molar-refractivity contribution is 5.26. The average Bonchev–Trinajstić information content (AvgIpc) is 2.49. The summed E-state index contributed by atoms with van der Waals surface area (Å²) in [6.07, 6.45) is 20.4. The van der Waals surface area contributed by atoms with Crippen molar-refractivity contribution >= 4 is 0 Å². The van der Waals surface area contributed by atoms with Gasteiger partial charge in [0.1, 0.15) is 0 Å². The summed E-state index contributed by atoms with van der Waals surface area (Å²) in [6, 6.07) is 0. The summed E-state index contributed by atoms with van der Waals surface area (Å²) in [7, 11) is 0. The Morgan fingerprint density at radius 3 is 2.47 bits per heavy atom. The predicted molar refractivity (Wildman–Crippen MR) is 82.2 cm³/mol. The van der Waals surface area contributed by atoms with E-state index in [0.29, 0.717) is 0 Å². The van der Waals surface area contributed by atoms with Crippen LogP contribution in [-0.4, -0.2) is 24.5 Å². The van der Waals surface area contributed by atoms with Gasteiger partial charge in [-0.05, 0) is 62.6 Å². The summed E-state index contributed by atoms with van der Waals surface area (Å²) in [5.74, 6) is 1.83. The van der Waals surface area contributed by atoms with Crippen molar-refractivity contribution in [1.29, 1.82) is 0 Å². The molecular weight excluding hydrogens is 230 g/mol. The van der Waals surface area contributed by atoms with Crippen LogP contribution in [-0.2, 0) is 0 Å². The molecule has 2 fully saturated rings. The van der Waals surface area contributed by atoms with Gasteiger partial charge in [0.25, 0.3) is 0 Å². The largest absolute Gasteiger partial charge is 0.299 e. The molecule has 1 heteroatoms. The van der Waals surface area contributed by atoms with Gasteiger partial charge in [0.15, 0.2) is 0 Å². The maximum Gasteiger partial charge on any atom is 0.0230 e. The van der Waals surface area contributed by atoms with Gasteiger partial charge >= 0.3 is 0 Å². The lowest BCUT2D eigenvalue weighted by molar-refractivity contribution is 0.245. The van der Waals surface area contributed by atoms with Gasteiger partial charge in [-0.1, -0.05) is 43.9 Å². The zero-order chi connectivity index (χ0) is 12.9. The Bertz CT molecular complexity index is 330. The molecule has 0 aromatic carbocycles. The summed E-state index contributed by atoms with van der Waals surface area (Å²) in [6.45, 7) is 3.85. The van der Waals surface area contributed by atoms with E-state index in [0.717, 1.165) is 11.8 Å². The molecule has 1 saturated carbocycles. The van der Waals surface area contributed by atoms with Crippen molar-refractivity contribution in [3.05, 3.63) is 23.8 Å². The monoisotopic (exact) mass is 259 g/mol. The van der Waals surface area contributed by atoms with Gasteiger partial charge in [0.2, 0.25) is 0 Å². The van der Waals surface area contributed by atoms with Crippen molar-refractivity contribution in [2.75, 3.05) is 19.6 Å². The van der Waals surface area contributed by atoms with E-state index >= 15 is 0 Å². The predicted octanol–water partition coefficient (Wildman–Crippen LogP) is 4.56. The van der Waals surface area contributed by atoms with Crippen molar-refractivity contribution in [3.63, 3.8) is 0 Å². The number of likely N-dealkylation sites (tertiary alicyclic amines) is 1. The first kappa shape index (κ1) is 13.4. The fourth-order valence-electron chi connectivity index (χ4n) is 4.15. The van der Waals surface area contributed by atoms with E-state index in [1.54, 1.807) is 5.57 Å². The van der Waals surface area contributed by atoms with Crippen LogP contribution in [0.3, 0.4) is 0 Å². The smallest absolute Gasteiger partial charge is 0.0230 e. The molecule has 2 aliphatic carbocycles. The van der Waals surface area contributed by atoms with Crippen molar-refractivity contribution in [2.45, 2.75) is 57.8 Å². The Balaban J connectivity index is 1.57. The molecule has 106 valence electrons. The standard InChI is InChI=1S/C18H29N/c1-3-9-17(10-4-1)18-11-7-8-16(14-18)15-19-12-5-2-6-13-19/h7-8,14,17-18H,1-6,9-13,15H2. The minimum absolute atomic E-state index is 0.852. The zero-order valence-electron chi connectivity index (χ0n) is 12.3. The zero-order valence-corrected chi connectivity index (χ0v) is 12.3. The highest BCUT2D eigenvalue weighted by Gasteiger charge is 2.23. The van der Waals surface area contributed by atoms with Crippen LogP contribution in [0.15, 0.2) is 23.8 Å². The van der Waals surface area contributed by atoms with Crippen LogP contribution in [0, 0.1) is 11.8 Å². The molecule has 19 heavy (non-hydrogen) atoms. The number of piperidine rings is 1. The second-order valence-electron chi connectivity index (χ2n) is 6.78. The van der Waals surface area contributed by atoms with Gasteiger partial charge < -0.3 is 0 Å². The Labute approximate surface area is 118 Å². The minimum Gasteiger partial charge on any atom is -0.299 e. The fraction of sp³-hybridized carbons (Fsp3) is 0.778. The van der Waals surface area contributed by atoms with Crippen LogP contribution in [0.25, 0.3) is 0 Å². The molecule has 0 bridgehead atoms. The van der Waals surface area contributed by atoms with Crippen LogP contribution in [0.2, 0.25) is 0 Å². The molecule has 0 aromatic heterocycles. The Hall–Kier alpha value is -0.560. The number of rotatable bonds is 3. The van der Waals surface area contributed by atoms with Gasteiger partial charge in [-0.25, -0.2) is 0 Å². The lowest BCUT2D eigenvalue weighted by Crippen LogP contribution is -2.31. The molecule has 0 amide bonds. The maximum atomic E-state index is 2.66. The van der Waals surface area contributed by atoms with E-state index in [2.05, 4.69) is 23.1 Å². The van der Waals surface area contributed by atoms with Crippen molar-refractivity contribution < 1.29 is 0 Å². The second-order valence-corrected chi connectivity index (χ2v) is 6.78. The van der Waals surface area contributed by atoms with Crippen molar-refractivity contribution in [2.24, 2.45) is 11.8 Å². The Morgan fingerprint density at radius 1 is 0.947 bits per heavy atom. The summed E-state index contributed by atoms with van der Waals surface area (Å²) in [4.78, 5) is 2.66. The molecule has 1 nitrogen and oxygen atoms in total. The van der Waals surface area contributed by atoms with E-state index in [1.807, 2.05) is 0 Å². The second kappa shape index (κ2) is 6.74. The first-order valence-corrected chi connectivity index (χ1v) is 8.51. The van der Waals surface area contributed by atoms with Crippen LogP contribution in [0.5, 0.6) is 0 Å². The third-order valence-corrected chi connectivity index (χ3v) is 5.28. The molecule has 0 radical (unpaired) electrons. The quantitative estimate of drug-likeness (QED) is 0.718. The topological polar surface area (TPSA) is 3.24 Å². The lowest BCUT2D eigenvalue weighted by atomic mass is 9.76. The third-order valence-electron chi connectivity index (χ3n) is 5.28. The van der Waals surface area contributed by atoms with Crippen molar-refractivity contribution in [1.82, 2.24) is 4.90 Å². The van der Waals surface area contributed by atoms with Crippen LogP contribution < -0.4 is 0 Å². The normalized spacial score (nSPS) is 30.3. The highest BCUT2D eigenvalue weighted by atomic mass is 15.1. The Kier molecular flexibility index (Phi) is 4.76. The highest BCUT2D eigenvalue weighted by Crippen LogP contribution is 2.35. The molecular formula is C18H29N. The third kappa shape index (κ3) is 3.72. The SMILES string of the molecule is C1=CC(CN2CCCCC2)=CC(C2CCCCC2)C1. The summed E-state index contributed by atoms with van der Waals surface area (Å²) in [5.41, 5.74) is 1.60. The number of hydrogen-bond acceptors (Lipinski definition) is 1. The summed E-state index contributed by atoms with van der Waals surface area (Å²) in [5, 5.41) is 0. The van der Waals surface area contributed by atoms with Gasteiger partial charge in [0, 0.05) is 6.54 Å². The maximum absolute atomic E-state index is 2.66. The number of nitrogens with zero attached hydrogens (tertiary/aromatic N) is 1. The van der Waals surface area contributed by atoms with Gasteiger partial charge in [-0.2, -0.15) is 0 Å². The summed E-state index contributed by atoms with van der Waals surface area (Å²) >= 11 is 0. The van der Waals surface area contributed by atoms with E-state index < -0.39 is 0 Å². The molecule has 3 rings (SSSR count). The first-order chi connectivity index (χ1) is 9.42. The van der Waals surface area contributed by atoms with Gasteiger partial charge in [-0.3, -0.25) is 4.90 Å². The average molecular weight is 259 g/mol. The van der Waals surface area contributed by atoms with Gasteiger partial charge in [0.05, 0.1) is 0 Å². The fourth-order valence-corrected chi connectivity index (χ4v) is 4.15. The van der Waals surface area contributed by atoms with E-state index in [-0.39, 0.29) is 0 Å². The molecule has 1 heterocycles.